The van der Waals surface area contributed by atoms with E-state index in [9.17, 15) is 5.26 Å². The molecule has 19 heavy (non-hydrogen) atoms. The summed E-state index contributed by atoms with van der Waals surface area (Å²) >= 11 is 0. The van der Waals surface area contributed by atoms with Crippen molar-refractivity contribution in [1.29, 1.82) is 5.26 Å². The third kappa shape index (κ3) is 2.98. The van der Waals surface area contributed by atoms with E-state index in [4.69, 9.17) is 0 Å². The molecule has 0 amide bonds. The number of hydrogen-bond donors (Lipinski definition) is 0. The second-order valence-corrected chi connectivity index (χ2v) is 6.25. The van der Waals surface area contributed by atoms with Gasteiger partial charge >= 0.3 is 0 Å². The Balaban J connectivity index is 2.25. The molecule has 2 nitrogen and oxygen atoms in total. The van der Waals surface area contributed by atoms with Crippen LogP contribution in [0.4, 0.5) is 0 Å². The SMILES string of the molecule is C[C@@H]1C[C@](CC#N)(Cc2ccccc2)[C@H](C)CN1C. The van der Waals surface area contributed by atoms with Crippen molar-refractivity contribution < 1.29 is 0 Å². The molecule has 1 aliphatic heterocycles. The number of hydrogen-bond acceptors (Lipinski definition) is 2. The van der Waals surface area contributed by atoms with Crippen molar-refractivity contribution in [2.45, 2.75) is 39.2 Å². The Hall–Kier alpha value is -1.33. The largest absolute Gasteiger partial charge is 0.303 e. The summed E-state index contributed by atoms with van der Waals surface area (Å²) in [5.41, 5.74) is 1.50. The predicted octanol–water partition coefficient (Wildman–Crippen LogP) is 3.49. The van der Waals surface area contributed by atoms with Crippen LogP contribution >= 0.6 is 0 Å². The van der Waals surface area contributed by atoms with Gasteiger partial charge in [-0.05, 0) is 43.7 Å². The molecule has 1 aliphatic rings. The third-order valence-corrected chi connectivity index (χ3v) is 4.89. The van der Waals surface area contributed by atoms with Gasteiger partial charge in [-0.2, -0.15) is 5.26 Å². The van der Waals surface area contributed by atoms with E-state index in [0.29, 0.717) is 18.4 Å². The zero-order valence-corrected chi connectivity index (χ0v) is 12.3. The van der Waals surface area contributed by atoms with Gasteiger partial charge in [0, 0.05) is 19.0 Å². The molecule has 1 saturated heterocycles. The van der Waals surface area contributed by atoms with Gasteiger partial charge in [0.2, 0.25) is 0 Å². The molecule has 1 heterocycles. The monoisotopic (exact) mass is 256 g/mol. The quantitative estimate of drug-likeness (QED) is 0.827. The Morgan fingerprint density at radius 1 is 1.32 bits per heavy atom. The fourth-order valence-electron chi connectivity index (χ4n) is 3.47. The van der Waals surface area contributed by atoms with Crippen LogP contribution in [0, 0.1) is 22.7 Å². The molecule has 0 N–H and O–H groups in total. The van der Waals surface area contributed by atoms with Crippen molar-refractivity contribution in [3.63, 3.8) is 0 Å². The summed E-state index contributed by atoms with van der Waals surface area (Å²) in [5.74, 6) is 0.563. The first-order valence-corrected chi connectivity index (χ1v) is 7.18. The molecule has 0 unspecified atom stereocenters. The Morgan fingerprint density at radius 2 is 2.00 bits per heavy atom. The van der Waals surface area contributed by atoms with Gasteiger partial charge in [-0.25, -0.2) is 0 Å². The maximum atomic E-state index is 9.27. The van der Waals surface area contributed by atoms with Crippen LogP contribution in [0.1, 0.15) is 32.3 Å². The number of nitriles is 1. The molecule has 1 aromatic rings. The van der Waals surface area contributed by atoms with Crippen LogP contribution in [-0.4, -0.2) is 24.5 Å². The highest BCUT2D eigenvalue weighted by atomic mass is 15.1. The zero-order valence-electron chi connectivity index (χ0n) is 12.3. The Morgan fingerprint density at radius 3 is 2.63 bits per heavy atom. The molecule has 0 spiro atoms. The Labute approximate surface area is 117 Å². The first-order valence-electron chi connectivity index (χ1n) is 7.18. The normalized spacial score (nSPS) is 31.9. The number of benzene rings is 1. The Kier molecular flexibility index (Phi) is 4.27. The number of rotatable bonds is 3. The van der Waals surface area contributed by atoms with Crippen LogP contribution < -0.4 is 0 Å². The molecule has 0 radical (unpaired) electrons. The van der Waals surface area contributed by atoms with E-state index in [1.165, 1.54) is 5.56 Å². The van der Waals surface area contributed by atoms with Crippen molar-refractivity contribution in [3.8, 4) is 6.07 Å². The van der Waals surface area contributed by atoms with E-state index < -0.39 is 0 Å². The van der Waals surface area contributed by atoms with Gasteiger partial charge in [0.05, 0.1) is 6.07 Å². The van der Waals surface area contributed by atoms with Crippen LogP contribution in [0.25, 0.3) is 0 Å². The van der Waals surface area contributed by atoms with Gasteiger partial charge in [0.15, 0.2) is 0 Å². The zero-order chi connectivity index (χ0) is 13.9. The maximum absolute atomic E-state index is 9.27. The molecule has 1 fully saturated rings. The molecule has 0 bridgehead atoms. The number of likely N-dealkylation sites (tertiary alicyclic amines) is 1. The standard InChI is InChI=1S/C17H24N2/c1-14-13-19(3)15(2)11-17(14,9-10-18)12-16-7-5-4-6-8-16/h4-8,14-15H,9,11-13H2,1-3H3/t14-,15-,17-/m1/s1. The third-order valence-electron chi connectivity index (χ3n) is 4.89. The van der Waals surface area contributed by atoms with Crippen LogP contribution in [0.2, 0.25) is 0 Å². The fraction of sp³-hybridized carbons (Fsp3) is 0.588. The van der Waals surface area contributed by atoms with Gasteiger partial charge < -0.3 is 4.90 Å². The van der Waals surface area contributed by atoms with Crippen molar-refractivity contribution >= 4 is 0 Å². The van der Waals surface area contributed by atoms with Gasteiger partial charge in [-0.15, -0.1) is 0 Å². The average Bonchev–Trinajstić information content (AvgIpc) is 2.38. The predicted molar refractivity (Wildman–Crippen MR) is 78.7 cm³/mol. The van der Waals surface area contributed by atoms with Crippen molar-refractivity contribution in [2.24, 2.45) is 11.3 Å². The minimum atomic E-state index is 0.141. The summed E-state index contributed by atoms with van der Waals surface area (Å²) < 4.78 is 0. The van der Waals surface area contributed by atoms with Crippen molar-refractivity contribution in [3.05, 3.63) is 35.9 Å². The molecular weight excluding hydrogens is 232 g/mol. The second-order valence-electron chi connectivity index (χ2n) is 6.25. The first kappa shape index (κ1) is 14.1. The van der Waals surface area contributed by atoms with Crippen LogP contribution in [0.5, 0.6) is 0 Å². The summed E-state index contributed by atoms with van der Waals surface area (Å²) in [6.07, 6.45) is 2.81. The minimum Gasteiger partial charge on any atom is -0.303 e. The molecule has 102 valence electrons. The molecule has 3 atom stereocenters. The van der Waals surface area contributed by atoms with E-state index in [1.807, 2.05) is 0 Å². The maximum Gasteiger partial charge on any atom is 0.0627 e. The second kappa shape index (κ2) is 5.75. The van der Waals surface area contributed by atoms with Gasteiger partial charge in [0.25, 0.3) is 0 Å². The Bertz CT molecular complexity index is 448. The lowest BCUT2D eigenvalue weighted by Crippen LogP contribution is -2.50. The number of nitrogens with zero attached hydrogens (tertiary/aromatic N) is 2. The summed E-state index contributed by atoms with van der Waals surface area (Å²) in [6, 6.07) is 13.6. The summed E-state index contributed by atoms with van der Waals surface area (Å²) in [5, 5.41) is 9.27. The number of piperidine rings is 1. The van der Waals surface area contributed by atoms with Crippen molar-refractivity contribution in [1.82, 2.24) is 4.90 Å². The fourth-order valence-corrected chi connectivity index (χ4v) is 3.47. The first-order chi connectivity index (χ1) is 9.07. The van der Waals surface area contributed by atoms with Crippen LogP contribution in [0.3, 0.4) is 0 Å². The average molecular weight is 256 g/mol. The molecule has 0 aliphatic carbocycles. The molecule has 0 aromatic heterocycles. The van der Waals surface area contributed by atoms with Crippen LogP contribution in [0.15, 0.2) is 30.3 Å². The van der Waals surface area contributed by atoms with E-state index in [1.54, 1.807) is 0 Å². The highest BCUT2D eigenvalue weighted by Crippen LogP contribution is 2.44. The molecular formula is C17H24N2. The highest BCUT2D eigenvalue weighted by Gasteiger charge is 2.42. The molecule has 2 rings (SSSR count). The van der Waals surface area contributed by atoms with E-state index in [2.05, 4.69) is 62.2 Å². The van der Waals surface area contributed by atoms with E-state index >= 15 is 0 Å². The van der Waals surface area contributed by atoms with Crippen molar-refractivity contribution in [2.75, 3.05) is 13.6 Å². The van der Waals surface area contributed by atoms with E-state index in [0.717, 1.165) is 19.4 Å². The molecule has 2 heteroatoms. The molecule has 1 aromatic carbocycles. The van der Waals surface area contributed by atoms with Gasteiger partial charge in [-0.3, -0.25) is 0 Å². The highest BCUT2D eigenvalue weighted by molar-refractivity contribution is 5.18. The van der Waals surface area contributed by atoms with E-state index in [-0.39, 0.29) is 5.41 Å². The lowest BCUT2D eigenvalue weighted by atomic mass is 9.64. The molecule has 0 saturated carbocycles. The smallest absolute Gasteiger partial charge is 0.0627 e. The summed E-state index contributed by atoms with van der Waals surface area (Å²) in [7, 11) is 2.19. The summed E-state index contributed by atoms with van der Waals surface area (Å²) in [6.45, 7) is 5.68. The topological polar surface area (TPSA) is 27.0 Å². The van der Waals surface area contributed by atoms with Gasteiger partial charge in [0.1, 0.15) is 0 Å². The minimum absolute atomic E-state index is 0.141. The lowest BCUT2D eigenvalue weighted by molar-refractivity contribution is 0.0228. The lowest BCUT2D eigenvalue weighted by Gasteiger charge is -2.48. The summed E-state index contributed by atoms with van der Waals surface area (Å²) in [4.78, 5) is 2.42. The van der Waals surface area contributed by atoms with Crippen LogP contribution in [-0.2, 0) is 6.42 Å². The van der Waals surface area contributed by atoms with Gasteiger partial charge in [-0.1, -0.05) is 37.3 Å².